The number of hydrogen-bond donors (Lipinski definition) is 0. The summed E-state index contributed by atoms with van der Waals surface area (Å²) in [6.45, 7) is 8.78. The third-order valence-corrected chi connectivity index (χ3v) is 7.04. The number of allylic oxidation sites excluding steroid dienone is 2. The van der Waals surface area contributed by atoms with E-state index >= 15 is 0 Å². The van der Waals surface area contributed by atoms with Gasteiger partial charge in [-0.3, -0.25) is 4.57 Å². The van der Waals surface area contributed by atoms with Crippen LogP contribution in [0.15, 0.2) is 66.9 Å². The van der Waals surface area contributed by atoms with Gasteiger partial charge in [0, 0.05) is 28.3 Å². The van der Waals surface area contributed by atoms with E-state index < -0.39 is 0 Å². The minimum Gasteiger partial charge on any atom is -0.318 e. The third kappa shape index (κ3) is 3.33. The second-order valence-corrected chi connectivity index (χ2v) is 8.83. The van der Waals surface area contributed by atoms with Crippen LogP contribution in [0.3, 0.4) is 0 Å². The predicted octanol–water partition coefficient (Wildman–Crippen LogP) is 7.25. The van der Waals surface area contributed by atoms with Crippen LogP contribution < -0.4 is 0 Å². The molecule has 3 heteroatoms. The highest BCUT2D eigenvalue weighted by Crippen LogP contribution is 2.33. The molecule has 2 heterocycles. The largest absolute Gasteiger partial charge is 0.318 e. The average Bonchev–Trinajstić information content (AvgIpc) is 3.39. The quantitative estimate of drug-likeness (QED) is 0.340. The molecule has 3 nitrogen and oxygen atoms in total. The fourth-order valence-corrected chi connectivity index (χ4v) is 5.06. The minimum atomic E-state index is 0.972. The van der Waals surface area contributed by atoms with Gasteiger partial charge in [-0.25, -0.2) is 4.98 Å². The number of benzene rings is 2. The summed E-state index contributed by atoms with van der Waals surface area (Å²) in [5, 5.41) is 0. The van der Waals surface area contributed by atoms with Gasteiger partial charge in [-0.15, -0.1) is 0 Å². The normalized spacial score (nSPS) is 13.9. The number of rotatable bonds is 4. The number of aromatic nitrogens is 3. The van der Waals surface area contributed by atoms with Gasteiger partial charge in [0.1, 0.15) is 5.82 Å². The van der Waals surface area contributed by atoms with Crippen LogP contribution in [0.1, 0.15) is 54.9 Å². The molecule has 0 fully saturated rings. The van der Waals surface area contributed by atoms with Crippen LogP contribution in [0.2, 0.25) is 0 Å². The number of hydrogen-bond acceptors (Lipinski definition) is 1. The van der Waals surface area contributed by atoms with E-state index in [1.165, 1.54) is 53.9 Å². The molecule has 1 aliphatic rings. The molecule has 0 spiro atoms. The summed E-state index contributed by atoms with van der Waals surface area (Å²) in [6.07, 6.45) is 9.13. The molecule has 2 aromatic heterocycles. The number of nitrogens with zero attached hydrogens (tertiary/aromatic N) is 3. The van der Waals surface area contributed by atoms with Crippen LogP contribution in [0, 0.1) is 13.8 Å². The highest BCUT2D eigenvalue weighted by Gasteiger charge is 2.21. The van der Waals surface area contributed by atoms with Crippen molar-refractivity contribution < 1.29 is 0 Å². The Hall–Kier alpha value is -3.33. The van der Waals surface area contributed by atoms with Crippen LogP contribution in [0.4, 0.5) is 0 Å². The van der Waals surface area contributed by atoms with Crippen molar-refractivity contribution >= 4 is 5.57 Å². The lowest BCUT2D eigenvalue weighted by molar-refractivity contribution is 0.660. The third-order valence-electron chi connectivity index (χ3n) is 7.04. The molecule has 0 atom stereocenters. The maximum Gasteiger partial charge on any atom is 0.144 e. The highest BCUT2D eigenvalue weighted by molar-refractivity contribution is 5.69. The molecule has 32 heavy (non-hydrogen) atoms. The minimum absolute atomic E-state index is 0.972. The molecule has 5 rings (SSSR count). The lowest BCUT2D eigenvalue weighted by Crippen LogP contribution is -2.08. The SMILES string of the molecule is C/C=C(\C)c1cnc(-c2ccccc2)n1-c1ccc(-n2c(C)c(C)c3c2CCCC3)cc1. The summed E-state index contributed by atoms with van der Waals surface area (Å²) in [6, 6.07) is 19.4. The van der Waals surface area contributed by atoms with Gasteiger partial charge in [0.05, 0.1) is 11.9 Å². The van der Waals surface area contributed by atoms with Crippen molar-refractivity contribution in [2.75, 3.05) is 0 Å². The smallest absolute Gasteiger partial charge is 0.144 e. The van der Waals surface area contributed by atoms with Crippen molar-refractivity contribution in [2.45, 2.75) is 53.4 Å². The Labute approximate surface area is 191 Å². The second kappa shape index (κ2) is 8.31. The van der Waals surface area contributed by atoms with Crippen molar-refractivity contribution in [1.29, 1.82) is 0 Å². The second-order valence-electron chi connectivity index (χ2n) is 8.83. The molecule has 162 valence electrons. The van der Waals surface area contributed by atoms with E-state index in [-0.39, 0.29) is 0 Å². The van der Waals surface area contributed by atoms with E-state index in [2.05, 4.69) is 91.4 Å². The molecule has 1 aliphatic carbocycles. The van der Waals surface area contributed by atoms with E-state index in [4.69, 9.17) is 4.98 Å². The van der Waals surface area contributed by atoms with E-state index in [9.17, 15) is 0 Å². The molecule has 0 N–H and O–H groups in total. The Kier molecular flexibility index (Phi) is 5.34. The Morgan fingerprint density at radius 2 is 1.53 bits per heavy atom. The first-order chi connectivity index (χ1) is 15.6. The molecule has 0 radical (unpaired) electrons. The summed E-state index contributed by atoms with van der Waals surface area (Å²) < 4.78 is 4.76. The Morgan fingerprint density at radius 1 is 0.875 bits per heavy atom. The fraction of sp³-hybridized carbons (Fsp3) is 0.276. The van der Waals surface area contributed by atoms with Crippen molar-refractivity contribution in [1.82, 2.24) is 14.1 Å². The first-order valence-electron chi connectivity index (χ1n) is 11.7. The molecule has 4 aromatic rings. The Balaban J connectivity index is 1.62. The lowest BCUT2D eigenvalue weighted by atomic mass is 9.95. The molecule has 2 aromatic carbocycles. The zero-order chi connectivity index (χ0) is 22.2. The molecule has 0 saturated heterocycles. The van der Waals surface area contributed by atoms with Gasteiger partial charge in [0.2, 0.25) is 0 Å². The van der Waals surface area contributed by atoms with Crippen molar-refractivity contribution in [3.8, 4) is 22.8 Å². The maximum absolute atomic E-state index is 4.80. The molecule has 0 aliphatic heterocycles. The first kappa shape index (κ1) is 20.6. The standard InChI is InChI=1S/C29H31N3/c1-5-20(2)28-19-30-29(23-11-7-6-8-12-23)32(28)25-17-15-24(16-18-25)31-22(4)21(3)26-13-9-10-14-27(26)31/h5-8,11-12,15-19H,9-10,13-14H2,1-4H3/b20-5+. The van der Waals surface area contributed by atoms with Crippen LogP contribution in [0.25, 0.3) is 28.3 Å². The van der Waals surface area contributed by atoms with E-state index in [1.54, 1.807) is 5.56 Å². The van der Waals surface area contributed by atoms with E-state index in [0.717, 1.165) is 22.8 Å². The summed E-state index contributed by atoms with van der Waals surface area (Å²) in [5.74, 6) is 0.972. The van der Waals surface area contributed by atoms with Crippen LogP contribution in [0.5, 0.6) is 0 Å². The van der Waals surface area contributed by atoms with Gasteiger partial charge in [-0.1, -0.05) is 36.4 Å². The van der Waals surface area contributed by atoms with E-state index in [0.29, 0.717) is 0 Å². The number of imidazole rings is 1. The van der Waals surface area contributed by atoms with Gasteiger partial charge < -0.3 is 4.57 Å². The lowest BCUT2D eigenvalue weighted by Gasteiger charge is -2.18. The van der Waals surface area contributed by atoms with Crippen LogP contribution in [-0.4, -0.2) is 14.1 Å². The van der Waals surface area contributed by atoms with Crippen molar-refractivity contribution in [2.24, 2.45) is 0 Å². The molecule has 0 unspecified atom stereocenters. The van der Waals surface area contributed by atoms with Gasteiger partial charge >= 0.3 is 0 Å². The zero-order valence-corrected chi connectivity index (χ0v) is 19.5. The molecule has 0 amide bonds. The monoisotopic (exact) mass is 421 g/mol. The highest BCUT2D eigenvalue weighted by atomic mass is 15.1. The molecular formula is C29H31N3. The van der Waals surface area contributed by atoms with Gasteiger partial charge in [0.15, 0.2) is 0 Å². The molecular weight excluding hydrogens is 390 g/mol. The fourth-order valence-electron chi connectivity index (χ4n) is 5.06. The topological polar surface area (TPSA) is 22.8 Å². The summed E-state index contributed by atoms with van der Waals surface area (Å²) >= 11 is 0. The molecule has 0 bridgehead atoms. The van der Waals surface area contributed by atoms with Gasteiger partial charge in [-0.05, 0) is 94.3 Å². The number of fused-ring (bicyclic) bond motifs is 1. The van der Waals surface area contributed by atoms with Crippen molar-refractivity contribution in [3.63, 3.8) is 0 Å². The summed E-state index contributed by atoms with van der Waals surface area (Å²) in [5.41, 5.74) is 11.8. The summed E-state index contributed by atoms with van der Waals surface area (Å²) in [7, 11) is 0. The van der Waals surface area contributed by atoms with Crippen LogP contribution in [-0.2, 0) is 12.8 Å². The Bertz CT molecular complexity index is 1280. The first-order valence-corrected chi connectivity index (χ1v) is 11.7. The maximum atomic E-state index is 4.80. The summed E-state index contributed by atoms with van der Waals surface area (Å²) in [4.78, 5) is 4.80. The van der Waals surface area contributed by atoms with E-state index in [1.807, 2.05) is 12.3 Å². The van der Waals surface area contributed by atoms with Gasteiger partial charge in [0.25, 0.3) is 0 Å². The van der Waals surface area contributed by atoms with Crippen molar-refractivity contribution in [3.05, 3.63) is 95.1 Å². The molecule has 0 saturated carbocycles. The zero-order valence-electron chi connectivity index (χ0n) is 19.5. The average molecular weight is 422 g/mol. The Morgan fingerprint density at radius 3 is 2.22 bits per heavy atom. The predicted molar refractivity (Wildman–Crippen MR) is 134 cm³/mol. The van der Waals surface area contributed by atoms with Crippen LogP contribution >= 0.6 is 0 Å². The van der Waals surface area contributed by atoms with Gasteiger partial charge in [-0.2, -0.15) is 0 Å².